The minimum Gasteiger partial charge on any atom is -0.358 e. The summed E-state index contributed by atoms with van der Waals surface area (Å²) in [6.45, 7) is 0. The van der Waals surface area contributed by atoms with Crippen molar-refractivity contribution in [2.45, 2.75) is 0 Å². The highest BCUT2D eigenvalue weighted by molar-refractivity contribution is 7.78. The number of isothiocyanates is 1. The Bertz CT molecular complexity index is 571. The number of aromatic nitrogens is 1. The van der Waals surface area contributed by atoms with Gasteiger partial charge < -0.3 is 4.98 Å². The van der Waals surface area contributed by atoms with Crippen LogP contribution in [0.5, 0.6) is 0 Å². The summed E-state index contributed by atoms with van der Waals surface area (Å²) in [7, 11) is 0. The lowest BCUT2D eigenvalue weighted by Gasteiger charge is -1.93. The SMILES string of the molecule is N#Cc1c[nH]c2c(N=C=S)cccc12. The van der Waals surface area contributed by atoms with Gasteiger partial charge in [0.25, 0.3) is 0 Å². The fraction of sp³-hybridized carbons (Fsp3) is 0. The number of nitrogens with one attached hydrogen (secondary N) is 1. The number of hydrogen-bond acceptors (Lipinski definition) is 3. The third kappa shape index (κ3) is 1.21. The van der Waals surface area contributed by atoms with E-state index in [-0.39, 0.29) is 0 Å². The number of fused-ring (bicyclic) bond motifs is 1. The van der Waals surface area contributed by atoms with Gasteiger partial charge >= 0.3 is 0 Å². The zero-order chi connectivity index (χ0) is 9.97. The van der Waals surface area contributed by atoms with Gasteiger partial charge in [0.05, 0.1) is 21.9 Å². The fourth-order valence-electron chi connectivity index (χ4n) is 1.37. The molecule has 0 bridgehead atoms. The molecule has 66 valence electrons. The first-order valence-corrected chi connectivity index (χ1v) is 4.35. The van der Waals surface area contributed by atoms with Crippen LogP contribution in [0.1, 0.15) is 5.56 Å². The van der Waals surface area contributed by atoms with Gasteiger partial charge in [-0.1, -0.05) is 12.1 Å². The van der Waals surface area contributed by atoms with Crippen molar-refractivity contribution in [1.29, 1.82) is 5.26 Å². The Labute approximate surface area is 85.7 Å². The van der Waals surface area contributed by atoms with Gasteiger partial charge in [-0.3, -0.25) is 0 Å². The monoisotopic (exact) mass is 199 g/mol. The number of H-pyrrole nitrogens is 1. The van der Waals surface area contributed by atoms with E-state index in [1.54, 1.807) is 6.20 Å². The highest BCUT2D eigenvalue weighted by atomic mass is 32.1. The molecule has 1 heterocycles. The Morgan fingerprint density at radius 1 is 1.43 bits per heavy atom. The van der Waals surface area contributed by atoms with Crippen LogP contribution in [0.2, 0.25) is 0 Å². The van der Waals surface area contributed by atoms with E-state index in [2.05, 4.69) is 33.4 Å². The third-order valence-corrected chi connectivity index (χ3v) is 2.07. The van der Waals surface area contributed by atoms with Crippen LogP contribution >= 0.6 is 12.2 Å². The van der Waals surface area contributed by atoms with Crippen molar-refractivity contribution in [3.8, 4) is 6.07 Å². The molecule has 0 saturated heterocycles. The second-order valence-corrected chi connectivity index (χ2v) is 2.90. The van der Waals surface area contributed by atoms with Gasteiger partial charge in [-0.2, -0.15) is 10.3 Å². The van der Waals surface area contributed by atoms with E-state index in [1.165, 1.54) is 0 Å². The van der Waals surface area contributed by atoms with E-state index in [4.69, 9.17) is 5.26 Å². The maximum atomic E-state index is 8.81. The summed E-state index contributed by atoms with van der Waals surface area (Å²) < 4.78 is 0. The predicted molar refractivity (Wildman–Crippen MR) is 57.7 cm³/mol. The smallest absolute Gasteiger partial charge is 0.101 e. The molecule has 0 aliphatic carbocycles. The van der Waals surface area contributed by atoms with Gasteiger partial charge in [0.2, 0.25) is 0 Å². The Hall–Kier alpha value is -1.95. The van der Waals surface area contributed by atoms with Crippen LogP contribution in [0.25, 0.3) is 10.9 Å². The average Bonchev–Trinajstić information content (AvgIpc) is 2.62. The summed E-state index contributed by atoms with van der Waals surface area (Å²) >= 11 is 4.54. The Kier molecular flexibility index (Phi) is 2.11. The summed E-state index contributed by atoms with van der Waals surface area (Å²) in [6, 6.07) is 7.62. The second kappa shape index (κ2) is 3.43. The zero-order valence-corrected chi connectivity index (χ0v) is 7.93. The molecule has 0 saturated carbocycles. The molecule has 0 aliphatic rings. The van der Waals surface area contributed by atoms with E-state index in [0.717, 1.165) is 10.9 Å². The molecule has 0 aliphatic heterocycles. The van der Waals surface area contributed by atoms with E-state index >= 15 is 0 Å². The van der Waals surface area contributed by atoms with E-state index in [0.29, 0.717) is 11.3 Å². The Morgan fingerprint density at radius 2 is 2.29 bits per heavy atom. The quantitative estimate of drug-likeness (QED) is 0.567. The summed E-state index contributed by atoms with van der Waals surface area (Å²) in [5.74, 6) is 0. The van der Waals surface area contributed by atoms with Crippen molar-refractivity contribution in [3.05, 3.63) is 30.0 Å². The van der Waals surface area contributed by atoms with Crippen molar-refractivity contribution in [1.82, 2.24) is 4.98 Å². The predicted octanol–water partition coefficient (Wildman–Crippen LogP) is 2.77. The van der Waals surface area contributed by atoms with Gasteiger partial charge in [0.15, 0.2) is 0 Å². The van der Waals surface area contributed by atoms with Crippen molar-refractivity contribution >= 4 is 34.0 Å². The van der Waals surface area contributed by atoms with Crippen LogP contribution in [0.4, 0.5) is 5.69 Å². The van der Waals surface area contributed by atoms with Crippen molar-refractivity contribution < 1.29 is 0 Å². The largest absolute Gasteiger partial charge is 0.358 e. The molecule has 14 heavy (non-hydrogen) atoms. The van der Waals surface area contributed by atoms with Gasteiger partial charge in [-0.05, 0) is 18.3 Å². The summed E-state index contributed by atoms with van der Waals surface area (Å²) in [5.41, 5.74) is 2.14. The first kappa shape index (κ1) is 8.64. The van der Waals surface area contributed by atoms with Crippen LogP contribution in [0, 0.1) is 11.3 Å². The number of nitriles is 1. The molecule has 3 nitrogen and oxygen atoms in total. The Balaban J connectivity index is 2.84. The normalized spacial score (nSPS) is 9.36. The molecule has 0 spiro atoms. The van der Waals surface area contributed by atoms with Crippen LogP contribution in [-0.4, -0.2) is 10.1 Å². The molecule has 0 fully saturated rings. The molecule has 0 radical (unpaired) electrons. The highest BCUT2D eigenvalue weighted by Crippen LogP contribution is 2.26. The highest BCUT2D eigenvalue weighted by Gasteiger charge is 2.05. The third-order valence-electron chi connectivity index (χ3n) is 1.98. The number of aliphatic imine (C=N–C) groups is 1. The second-order valence-electron chi connectivity index (χ2n) is 2.72. The fourth-order valence-corrected chi connectivity index (χ4v) is 1.47. The lowest BCUT2D eigenvalue weighted by Crippen LogP contribution is -1.70. The standard InChI is InChI=1S/C10H5N3S/c11-4-7-5-12-10-8(7)2-1-3-9(10)13-6-14/h1-3,5,12H. The van der Waals surface area contributed by atoms with Crippen LogP contribution < -0.4 is 0 Å². The molecule has 4 heteroatoms. The van der Waals surface area contributed by atoms with Crippen LogP contribution in [0.15, 0.2) is 29.4 Å². The lowest BCUT2D eigenvalue weighted by atomic mass is 10.2. The van der Waals surface area contributed by atoms with Gasteiger partial charge in [0, 0.05) is 11.6 Å². The van der Waals surface area contributed by atoms with Crippen molar-refractivity contribution in [3.63, 3.8) is 0 Å². The molecule has 0 unspecified atom stereocenters. The summed E-state index contributed by atoms with van der Waals surface area (Å²) in [6.07, 6.45) is 1.66. The molecular formula is C10H5N3S. The van der Waals surface area contributed by atoms with E-state index in [1.807, 2.05) is 18.2 Å². The molecule has 0 atom stereocenters. The van der Waals surface area contributed by atoms with Gasteiger partial charge in [0.1, 0.15) is 6.07 Å². The number of hydrogen-bond donors (Lipinski definition) is 1. The number of benzene rings is 1. The summed E-state index contributed by atoms with van der Waals surface area (Å²) in [4.78, 5) is 6.90. The lowest BCUT2D eigenvalue weighted by molar-refractivity contribution is 1.43. The van der Waals surface area contributed by atoms with Gasteiger partial charge in [-0.25, -0.2) is 0 Å². The zero-order valence-electron chi connectivity index (χ0n) is 7.11. The number of rotatable bonds is 1. The first-order valence-electron chi connectivity index (χ1n) is 3.95. The number of nitrogens with zero attached hydrogens (tertiary/aromatic N) is 2. The molecular weight excluding hydrogens is 194 g/mol. The Morgan fingerprint density at radius 3 is 3.00 bits per heavy atom. The molecule has 1 N–H and O–H groups in total. The number of para-hydroxylation sites is 1. The van der Waals surface area contributed by atoms with E-state index in [9.17, 15) is 0 Å². The van der Waals surface area contributed by atoms with Crippen LogP contribution in [-0.2, 0) is 0 Å². The molecule has 0 amide bonds. The molecule has 2 rings (SSSR count). The van der Waals surface area contributed by atoms with Crippen LogP contribution in [0.3, 0.4) is 0 Å². The number of thiocarbonyl (C=S) groups is 1. The topological polar surface area (TPSA) is 51.9 Å². The molecule has 1 aromatic carbocycles. The summed E-state index contributed by atoms with van der Waals surface area (Å²) in [5, 5.41) is 12.0. The minimum absolute atomic E-state index is 0.612. The average molecular weight is 199 g/mol. The minimum atomic E-state index is 0.612. The van der Waals surface area contributed by atoms with Crippen molar-refractivity contribution in [2.24, 2.45) is 4.99 Å². The molecule has 1 aromatic heterocycles. The molecule has 2 aromatic rings. The maximum absolute atomic E-state index is 8.81. The number of aromatic amines is 1. The van der Waals surface area contributed by atoms with E-state index < -0.39 is 0 Å². The maximum Gasteiger partial charge on any atom is 0.101 e. The van der Waals surface area contributed by atoms with Gasteiger partial charge in [-0.15, -0.1) is 0 Å². The van der Waals surface area contributed by atoms with Crippen molar-refractivity contribution in [2.75, 3.05) is 0 Å². The first-order chi connectivity index (χ1) is 6.86.